The van der Waals surface area contributed by atoms with E-state index in [0.29, 0.717) is 0 Å². The Hall–Kier alpha value is -1.26. The predicted molar refractivity (Wildman–Crippen MR) is 63.2 cm³/mol. The van der Waals surface area contributed by atoms with E-state index < -0.39 is 0 Å². The summed E-state index contributed by atoms with van der Waals surface area (Å²) in [5, 5.41) is 0. The van der Waals surface area contributed by atoms with E-state index in [1.54, 1.807) is 0 Å². The molecule has 0 aromatic rings. The zero-order valence-corrected chi connectivity index (χ0v) is 8.65. The van der Waals surface area contributed by atoms with E-state index in [-0.39, 0.29) is 0 Å². The summed E-state index contributed by atoms with van der Waals surface area (Å²) in [5.41, 5.74) is 3.08. The van der Waals surface area contributed by atoms with Gasteiger partial charge in [0.05, 0.1) is 0 Å². The standard InChI is InChI=1S/C14H18/c1-2-4-6-8-10-12-14-13-11-9-7-5-3-1/h1-5,9,11,13H,6,8,10,12,14H2. The number of rotatable bonds is 0. The molecule has 0 saturated heterocycles. The minimum atomic E-state index is 1.19. The number of hydrogen-bond acceptors (Lipinski definition) is 0. The summed E-state index contributed by atoms with van der Waals surface area (Å²) in [6, 6.07) is 0. The van der Waals surface area contributed by atoms with Crippen LogP contribution >= 0.6 is 0 Å². The quantitative estimate of drug-likeness (QED) is 0.494. The fourth-order valence-corrected chi connectivity index (χ4v) is 1.33. The van der Waals surface area contributed by atoms with E-state index in [9.17, 15) is 0 Å². The van der Waals surface area contributed by atoms with Crippen molar-refractivity contribution in [2.24, 2.45) is 0 Å². The van der Waals surface area contributed by atoms with Crippen LogP contribution in [0.25, 0.3) is 0 Å². The van der Waals surface area contributed by atoms with Gasteiger partial charge >= 0.3 is 0 Å². The second-order valence-electron chi connectivity index (χ2n) is 3.38. The first-order chi connectivity index (χ1) is 7.00. The van der Waals surface area contributed by atoms with E-state index in [0.717, 1.165) is 0 Å². The van der Waals surface area contributed by atoms with Crippen LogP contribution in [0, 0.1) is 0 Å². The maximum absolute atomic E-state index is 3.08. The lowest BCUT2D eigenvalue weighted by atomic mass is 10.1. The highest BCUT2D eigenvalue weighted by atomic mass is 13.9. The molecule has 0 atom stereocenters. The summed E-state index contributed by atoms with van der Waals surface area (Å²) >= 11 is 0. The molecular formula is C14H18. The summed E-state index contributed by atoms with van der Waals surface area (Å²) in [6.07, 6.45) is 22.9. The lowest BCUT2D eigenvalue weighted by molar-refractivity contribution is 0.696. The molecule has 0 radical (unpaired) electrons. The molecule has 0 bridgehead atoms. The molecule has 0 fully saturated rings. The van der Waals surface area contributed by atoms with Gasteiger partial charge in [-0.25, -0.2) is 0 Å². The summed E-state index contributed by atoms with van der Waals surface area (Å²) in [7, 11) is 0. The van der Waals surface area contributed by atoms with Crippen LogP contribution in [-0.4, -0.2) is 0 Å². The van der Waals surface area contributed by atoms with Gasteiger partial charge in [0.25, 0.3) is 0 Å². The van der Waals surface area contributed by atoms with E-state index >= 15 is 0 Å². The molecule has 0 unspecified atom stereocenters. The van der Waals surface area contributed by atoms with Gasteiger partial charge in [-0.05, 0) is 37.8 Å². The van der Waals surface area contributed by atoms with Gasteiger partial charge in [0, 0.05) is 0 Å². The van der Waals surface area contributed by atoms with Crippen LogP contribution in [0.4, 0.5) is 0 Å². The van der Waals surface area contributed by atoms with E-state index in [4.69, 9.17) is 0 Å². The first-order valence-electron chi connectivity index (χ1n) is 5.39. The van der Waals surface area contributed by atoms with E-state index in [2.05, 4.69) is 36.1 Å². The van der Waals surface area contributed by atoms with Crippen LogP contribution in [-0.2, 0) is 0 Å². The van der Waals surface area contributed by atoms with Crippen molar-refractivity contribution in [1.82, 2.24) is 0 Å². The van der Waals surface area contributed by atoms with Crippen molar-refractivity contribution in [1.29, 1.82) is 0 Å². The summed E-state index contributed by atoms with van der Waals surface area (Å²) in [5.74, 6) is 0. The highest BCUT2D eigenvalue weighted by molar-refractivity contribution is 5.13. The fraction of sp³-hybridized carbons (Fsp3) is 0.357. The van der Waals surface area contributed by atoms with Gasteiger partial charge in [-0.1, -0.05) is 42.9 Å². The Morgan fingerprint density at radius 1 is 0.643 bits per heavy atom. The molecule has 0 heteroatoms. The average Bonchev–Trinajstić information content (AvgIpc) is 2.22. The number of hydrogen-bond donors (Lipinski definition) is 0. The molecule has 0 nitrogen and oxygen atoms in total. The molecule has 0 aliphatic heterocycles. The molecule has 1 aliphatic rings. The third-order valence-corrected chi connectivity index (χ3v) is 2.12. The molecule has 0 spiro atoms. The van der Waals surface area contributed by atoms with Gasteiger partial charge < -0.3 is 0 Å². The lowest BCUT2D eigenvalue weighted by Gasteiger charge is -1.94. The Balaban J connectivity index is 2.48. The van der Waals surface area contributed by atoms with E-state index in [1.165, 1.54) is 32.1 Å². The Morgan fingerprint density at radius 3 is 2.21 bits per heavy atom. The van der Waals surface area contributed by atoms with Crippen molar-refractivity contribution in [3.05, 3.63) is 54.3 Å². The smallest absolute Gasteiger partial charge is 0.0200 e. The Labute approximate surface area is 87.0 Å². The molecule has 0 aromatic carbocycles. The first kappa shape index (κ1) is 10.8. The minimum absolute atomic E-state index is 1.19. The molecule has 1 aliphatic carbocycles. The third kappa shape index (κ3) is 6.28. The van der Waals surface area contributed by atoms with Crippen LogP contribution in [0.1, 0.15) is 32.1 Å². The normalized spacial score (nSPS) is 18.3. The van der Waals surface area contributed by atoms with Gasteiger partial charge in [-0.3, -0.25) is 0 Å². The Kier molecular flexibility index (Phi) is 6.45. The predicted octanol–water partition coefficient (Wildman–Crippen LogP) is 4.33. The maximum atomic E-state index is 3.08. The van der Waals surface area contributed by atoms with Crippen molar-refractivity contribution in [2.45, 2.75) is 32.1 Å². The van der Waals surface area contributed by atoms with Crippen molar-refractivity contribution in [3.8, 4) is 0 Å². The zero-order chi connectivity index (χ0) is 9.90. The van der Waals surface area contributed by atoms with Gasteiger partial charge in [0.2, 0.25) is 0 Å². The van der Waals surface area contributed by atoms with E-state index in [1.807, 2.05) is 18.2 Å². The maximum Gasteiger partial charge on any atom is -0.0200 e. The van der Waals surface area contributed by atoms with Gasteiger partial charge in [-0.2, -0.15) is 0 Å². The SMILES string of the molecule is C1=CC=CC=CCCCCCC=CC=1. The van der Waals surface area contributed by atoms with Crippen molar-refractivity contribution < 1.29 is 0 Å². The van der Waals surface area contributed by atoms with Crippen molar-refractivity contribution in [3.63, 3.8) is 0 Å². The fourth-order valence-electron chi connectivity index (χ4n) is 1.33. The first-order valence-corrected chi connectivity index (χ1v) is 5.39. The number of allylic oxidation sites excluding steroid dienone is 7. The third-order valence-electron chi connectivity index (χ3n) is 2.12. The monoisotopic (exact) mass is 186 g/mol. The highest BCUT2D eigenvalue weighted by Gasteiger charge is 1.84. The Bertz CT molecular complexity index is 270. The molecule has 74 valence electrons. The molecule has 1 rings (SSSR count). The molecule has 0 saturated carbocycles. The largest absolute Gasteiger partial charge is 0.121 e. The highest BCUT2D eigenvalue weighted by Crippen LogP contribution is 2.04. The molecule has 14 heavy (non-hydrogen) atoms. The summed E-state index contributed by atoms with van der Waals surface area (Å²) < 4.78 is 0. The second-order valence-corrected chi connectivity index (χ2v) is 3.38. The molecule has 0 amide bonds. The molecular weight excluding hydrogens is 168 g/mol. The topological polar surface area (TPSA) is 0 Å². The average molecular weight is 186 g/mol. The van der Waals surface area contributed by atoms with Crippen LogP contribution in [0.5, 0.6) is 0 Å². The van der Waals surface area contributed by atoms with Gasteiger partial charge in [-0.15, -0.1) is 5.73 Å². The van der Waals surface area contributed by atoms with Gasteiger partial charge in [0.15, 0.2) is 0 Å². The zero-order valence-electron chi connectivity index (χ0n) is 8.65. The second kappa shape index (κ2) is 8.34. The van der Waals surface area contributed by atoms with Crippen LogP contribution in [0.3, 0.4) is 0 Å². The minimum Gasteiger partial charge on any atom is -0.121 e. The summed E-state index contributed by atoms with van der Waals surface area (Å²) in [4.78, 5) is 0. The molecule has 0 aromatic heterocycles. The van der Waals surface area contributed by atoms with Crippen LogP contribution in [0.2, 0.25) is 0 Å². The van der Waals surface area contributed by atoms with Crippen LogP contribution < -0.4 is 0 Å². The van der Waals surface area contributed by atoms with Gasteiger partial charge in [0.1, 0.15) is 0 Å². The molecule has 0 N–H and O–H groups in total. The summed E-state index contributed by atoms with van der Waals surface area (Å²) in [6.45, 7) is 0. The molecule has 0 heterocycles. The van der Waals surface area contributed by atoms with Crippen molar-refractivity contribution >= 4 is 0 Å². The lowest BCUT2D eigenvalue weighted by Crippen LogP contribution is -1.74. The Morgan fingerprint density at radius 2 is 1.36 bits per heavy atom. The van der Waals surface area contributed by atoms with Crippen molar-refractivity contribution in [2.75, 3.05) is 0 Å². The van der Waals surface area contributed by atoms with Crippen LogP contribution in [0.15, 0.2) is 54.3 Å².